The van der Waals surface area contributed by atoms with Gasteiger partial charge in [0.25, 0.3) is 0 Å². The van der Waals surface area contributed by atoms with Gasteiger partial charge < -0.3 is 5.11 Å². The molecule has 2 aliphatic rings. The molecule has 1 fully saturated rings. The van der Waals surface area contributed by atoms with Crippen LogP contribution in [0.5, 0.6) is 0 Å². The molecule has 0 amide bonds. The molecule has 0 saturated heterocycles. The third kappa shape index (κ3) is 2.10. The molecule has 1 nitrogen and oxygen atoms in total. The summed E-state index contributed by atoms with van der Waals surface area (Å²) in [6.07, 6.45) is 6.12. The van der Waals surface area contributed by atoms with E-state index >= 15 is 0 Å². The first-order valence-corrected chi connectivity index (χ1v) is 6.44. The van der Waals surface area contributed by atoms with Crippen LogP contribution in [0.1, 0.15) is 46.5 Å². The summed E-state index contributed by atoms with van der Waals surface area (Å²) < 4.78 is 0. The van der Waals surface area contributed by atoms with Gasteiger partial charge in [-0.25, -0.2) is 0 Å². The summed E-state index contributed by atoms with van der Waals surface area (Å²) in [5.74, 6) is 1.61. The Kier molecular flexibility index (Phi) is 3.00. The van der Waals surface area contributed by atoms with E-state index in [0.29, 0.717) is 5.41 Å². The Hall–Kier alpha value is -0.560. The van der Waals surface area contributed by atoms with E-state index in [1.165, 1.54) is 5.57 Å². The van der Waals surface area contributed by atoms with Crippen LogP contribution in [-0.4, -0.2) is 11.2 Å². The van der Waals surface area contributed by atoms with Crippen LogP contribution in [0.3, 0.4) is 0 Å². The Morgan fingerprint density at radius 3 is 2.75 bits per heavy atom. The SMILES string of the molecule is C=C1CCC(O)C(C)=CCC2C(C1)C2(C)C. The fourth-order valence-electron chi connectivity index (χ4n) is 3.16. The van der Waals surface area contributed by atoms with Gasteiger partial charge in [-0.2, -0.15) is 0 Å². The minimum Gasteiger partial charge on any atom is -0.389 e. The van der Waals surface area contributed by atoms with Crippen molar-refractivity contribution in [1.29, 1.82) is 0 Å². The molecule has 90 valence electrons. The van der Waals surface area contributed by atoms with Crippen LogP contribution in [0, 0.1) is 17.3 Å². The molecule has 0 bridgehead atoms. The van der Waals surface area contributed by atoms with Gasteiger partial charge in [-0.3, -0.25) is 0 Å². The molecule has 1 N–H and O–H groups in total. The van der Waals surface area contributed by atoms with E-state index in [2.05, 4.69) is 33.4 Å². The van der Waals surface area contributed by atoms with E-state index in [-0.39, 0.29) is 6.10 Å². The summed E-state index contributed by atoms with van der Waals surface area (Å²) in [7, 11) is 0. The number of hydrogen-bond donors (Lipinski definition) is 1. The van der Waals surface area contributed by atoms with E-state index in [1.807, 2.05) is 0 Å². The molecule has 0 heterocycles. The molecule has 1 saturated carbocycles. The van der Waals surface area contributed by atoms with E-state index in [4.69, 9.17) is 0 Å². The highest BCUT2D eigenvalue weighted by Crippen LogP contribution is 2.62. The highest BCUT2D eigenvalue weighted by molar-refractivity contribution is 5.17. The van der Waals surface area contributed by atoms with Gasteiger partial charge in [0, 0.05) is 0 Å². The van der Waals surface area contributed by atoms with E-state index in [0.717, 1.165) is 43.1 Å². The Balaban J connectivity index is 2.13. The highest BCUT2D eigenvalue weighted by atomic mass is 16.3. The highest BCUT2D eigenvalue weighted by Gasteiger charge is 2.56. The van der Waals surface area contributed by atoms with Gasteiger partial charge in [0.05, 0.1) is 6.10 Å². The van der Waals surface area contributed by atoms with Crippen molar-refractivity contribution in [3.8, 4) is 0 Å². The number of hydrogen-bond acceptors (Lipinski definition) is 1. The quantitative estimate of drug-likeness (QED) is 0.617. The molecular formula is C15H24O. The molecule has 0 aromatic heterocycles. The standard InChI is InChI=1S/C15H24O/c1-10-5-8-14(16)11(2)6-7-12-13(9-10)15(12,3)4/h6,12-14,16H,1,5,7-9H2,2-4H3. The van der Waals surface area contributed by atoms with Gasteiger partial charge in [-0.15, -0.1) is 0 Å². The second kappa shape index (κ2) is 4.03. The molecule has 0 aliphatic heterocycles. The molecule has 16 heavy (non-hydrogen) atoms. The summed E-state index contributed by atoms with van der Waals surface area (Å²) in [5.41, 5.74) is 2.96. The molecule has 0 aromatic carbocycles. The number of fused-ring (bicyclic) bond motifs is 1. The largest absolute Gasteiger partial charge is 0.389 e. The molecular weight excluding hydrogens is 196 g/mol. The molecule has 2 aliphatic carbocycles. The average Bonchev–Trinajstić information content (AvgIpc) is 2.72. The van der Waals surface area contributed by atoms with Crippen LogP contribution in [0.25, 0.3) is 0 Å². The van der Waals surface area contributed by atoms with Gasteiger partial charge >= 0.3 is 0 Å². The molecule has 0 spiro atoms. The summed E-state index contributed by atoms with van der Waals surface area (Å²) in [5, 5.41) is 9.94. The van der Waals surface area contributed by atoms with Crippen LogP contribution in [0.4, 0.5) is 0 Å². The maximum Gasteiger partial charge on any atom is 0.0750 e. The first kappa shape index (κ1) is 11.9. The fourth-order valence-corrected chi connectivity index (χ4v) is 3.16. The van der Waals surface area contributed by atoms with Crippen molar-refractivity contribution in [2.75, 3.05) is 0 Å². The number of aliphatic hydroxyl groups is 1. The van der Waals surface area contributed by atoms with Gasteiger partial charge in [0.1, 0.15) is 0 Å². The van der Waals surface area contributed by atoms with Crippen molar-refractivity contribution in [2.24, 2.45) is 17.3 Å². The molecule has 2 rings (SSSR count). The maximum absolute atomic E-state index is 9.94. The van der Waals surface area contributed by atoms with Crippen LogP contribution >= 0.6 is 0 Å². The summed E-state index contributed by atoms with van der Waals surface area (Å²) in [6, 6.07) is 0. The lowest BCUT2D eigenvalue weighted by Crippen LogP contribution is -2.09. The van der Waals surface area contributed by atoms with Crippen LogP contribution in [0.15, 0.2) is 23.8 Å². The van der Waals surface area contributed by atoms with Crippen molar-refractivity contribution >= 4 is 0 Å². The number of rotatable bonds is 0. The Bertz CT molecular complexity index is 324. The summed E-state index contributed by atoms with van der Waals surface area (Å²) >= 11 is 0. The second-order valence-electron chi connectivity index (χ2n) is 6.23. The number of aliphatic hydroxyl groups excluding tert-OH is 1. The van der Waals surface area contributed by atoms with Crippen molar-refractivity contribution < 1.29 is 5.11 Å². The van der Waals surface area contributed by atoms with Crippen LogP contribution < -0.4 is 0 Å². The van der Waals surface area contributed by atoms with Gasteiger partial charge in [0.15, 0.2) is 0 Å². The molecule has 3 unspecified atom stereocenters. The molecule has 0 radical (unpaired) electrons. The predicted octanol–water partition coefficient (Wildman–Crippen LogP) is 3.70. The minimum absolute atomic E-state index is 0.254. The Morgan fingerprint density at radius 2 is 2.06 bits per heavy atom. The zero-order valence-electron chi connectivity index (χ0n) is 10.8. The van der Waals surface area contributed by atoms with E-state index in [1.54, 1.807) is 0 Å². The first-order valence-electron chi connectivity index (χ1n) is 6.44. The van der Waals surface area contributed by atoms with Crippen LogP contribution in [-0.2, 0) is 0 Å². The summed E-state index contributed by atoms with van der Waals surface area (Å²) in [4.78, 5) is 0. The Morgan fingerprint density at radius 1 is 1.38 bits per heavy atom. The lowest BCUT2D eigenvalue weighted by molar-refractivity contribution is 0.199. The average molecular weight is 220 g/mol. The lowest BCUT2D eigenvalue weighted by atomic mass is 9.96. The zero-order valence-corrected chi connectivity index (χ0v) is 10.8. The monoisotopic (exact) mass is 220 g/mol. The maximum atomic E-state index is 9.94. The lowest BCUT2D eigenvalue weighted by Gasteiger charge is -2.14. The van der Waals surface area contributed by atoms with Gasteiger partial charge in [-0.05, 0) is 55.4 Å². The van der Waals surface area contributed by atoms with E-state index in [9.17, 15) is 5.11 Å². The third-order valence-corrected chi connectivity index (χ3v) is 4.79. The zero-order chi connectivity index (χ0) is 11.9. The fraction of sp³-hybridized carbons (Fsp3) is 0.733. The van der Waals surface area contributed by atoms with Crippen molar-refractivity contribution in [1.82, 2.24) is 0 Å². The second-order valence-corrected chi connectivity index (χ2v) is 6.23. The molecule has 1 heteroatoms. The third-order valence-electron chi connectivity index (χ3n) is 4.79. The van der Waals surface area contributed by atoms with Crippen molar-refractivity contribution in [3.63, 3.8) is 0 Å². The van der Waals surface area contributed by atoms with Crippen LogP contribution in [0.2, 0.25) is 0 Å². The predicted molar refractivity (Wildman–Crippen MR) is 68.1 cm³/mol. The van der Waals surface area contributed by atoms with Gasteiger partial charge in [-0.1, -0.05) is 32.1 Å². The normalized spacial score (nSPS) is 38.6. The molecule has 3 atom stereocenters. The number of allylic oxidation sites excluding steroid dienone is 2. The smallest absolute Gasteiger partial charge is 0.0750 e. The van der Waals surface area contributed by atoms with Gasteiger partial charge in [0.2, 0.25) is 0 Å². The van der Waals surface area contributed by atoms with Crippen molar-refractivity contribution in [2.45, 2.75) is 52.6 Å². The van der Waals surface area contributed by atoms with Crippen molar-refractivity contribution in [3.05, 3.63) is 23.8 Å². The molecule has 0 aromatic rings. The summed E-state index contributed by atoms with van der Waals surface area (Å²) in [6.45, 7) is 11.0. The first-order chi connectivity index (χ1) is 7.43. The Labute approximate surface area is 99.3 Å². The topological polar surface area (TPSA) is 20.2 Å². The minimum atomic E-state index is -0.254. The van der Waals surface area contributed by atoms with E-state index < -0.39 is 0 Å².